The Bertz CT molecular complexity index is 1510. The van der Waals surface area contributed by atoms with Crippen LogP contribution in [0.4, 0.5) is 43.9 Å². The van der Waals surface area contributed by atoms with Crippen LogP contribution in [0.2, 0.25) is 19.6 Å². The minimum Gasteiger partial charge on any atom is -0.405 e. The maximum Gasteiger partial charge on any atom is 0.422 e. The Kier molecular flexibility index (Phi) is 8.95. The van der Waals surface area contributed by atoms with Crippen LogP contribution in [0.5, 0.6) is 0 Å². The molecule has 1 aromatic heterocycles. The highest BCUT2D eigenvalue weighted by atomic mass is 35.5. The molecule has 1 fully saturated rings. The number of aromatic nitrogens is 1. The van der Waals surface area contributed by atoms with E-state index >= 15 is 17.6 Å². The molecule has 0 spiro atoms. The zero-order valence-electron chi connectivity index (χ0n) is 22.7. The lowest BCUT2D eigenvalue weighted by Crippen LogP contribution is -2.71. The van der Waals surface area contributed by atoms with Crippen molar-refractivity contribution in [2.24, 2.45) is 5.92 Å². The number of halogens is 11. The van der Waals surface area contributed by atoms with E-state index in [1.807, 2.05) is 0 Å². The van der Waals surface area contributed by atoms with E-state index in [0.717, 1.165) is 23.3 Å². The van der Waals surface area contributed by atoms with E-state index in [1.54, 1.807) is 19.6 Å². The van der Waals surface area contributed by atoms with Crippen molar-refractivity contribution in [3.8, 4) is 0 Å². The van der Waals surface area contributed by atoms with Crippen LogP contribution in [0.3, 0.4) is 0 Å². The number of rotatable bonds is 6. The molecule has 0 N–H and O–H groups in total. The second-order valence-electron chi connectivity index (χ2n) is 11.4. The summed E-state index contributed by atoms with van der Waals surface area (Å²) in [6.45, 7) is 5.01. The Morgan fingerprint density at radius 2 is 1.05 bits per heavy atom. The molecule has 0 saturated heterocycles. The Morgan fingerprint density at radius 1 is 0.643 bits per heavy atom. The fraction of sp³-hybridized carbons (Fsp3) is 0.321. The van der Waals surface area contributed by atoms with Crippen molar-refractivity contribution in [1.82, 2.24) is 0 Å². The van der Waals surface area contributed by atoms with Crippen molar-refractivity contribution < 1.29 is 48.4 Å². The average Bonchev–Trinajstić information content (AvgIpc) is 2.96. The Balaban J connectivity index is 2.39. The van der Waals surface area contributed by atoms with Gasteiger partial charge in [0.25, 0.3) is 0 Å². The van der Waals surface area contributed by atoms with E-state index in [4.69, 9.17) is 11.5 Å². The van der Waals surface area contributed by atoms with Gasteiger partial charge in [0.1, 0.15) is 24.0 Å². The second kappa shape index (κ2) is 11.7. The van der Waals surface area contributed by atoms with E-state index < -0.39 is 94.4 Å². The third kappa shape index (κ3) is 5.16. The molecule has 0 bridgehead atoms. The van der Waals surface area contributed by atoms with Crippen molar-refractivity contribution in [3.63, 3.8) is 0 Å². The third-order valence-corrected chi connectivity index (χ3v) is 10.7. The standard InChI is InChI=1S/C28H25BClF10NSi/c1-42(2,3)28(14-10-6-4-7-11-14)16(15-18(31)22(35)26(39)23(36)19(15)32)29(30,41-12-8-5-9-13-41)17-20(33)24(37)27(40)25(38)21(17)34/h5,8-9,12-14H,4,6-7,10-11H2,1-3H3/b28-16-/t29-/m1/s1. The molecule has 1 atom stereocenters. The van der Waals surface area contributed by atoms with Crippen LogP contribution in [0, 0.1) is 64.1 Å². The molecule has 1 aliphatic carbocycles. The molecule has 1 nitrogen and oxygen atoms in total. The summed E-state index contributed by atoms with van der Waals surface area (Å²) in [5.74, 6) is -24.6. The number of benzene rings is 2. The van der Waals surface area contributed by atoms with Crippen molar-refractivity contribution >= 4 is 36.2 Å². The van der Waals surface area contributed by atoms with Crippen molar-refractivity contribution in [2.45, 2.75) is 51.7 Å². The molecule has 3 aromatic rings. The minimum atomic E-state index is -4.23. The van der Waals surface area contributed by atoms with Gasteiger partial charge in [0, 0.05) is 5.56 Å². The van der Waals surface area contributed by atoms with Gasteiger partial charge in [0.15, 0.2) is 40.7 Å². The average molecular weight is 640 g/mol. The van der Waals surface area contributed by atoms with Crippen LogP contribution < -0.4 is 9.94 Å². The van der Waals surface area contributed by atoms with Crippen LogP contribution in [0.1, 0.15) is 37.7 Å². The molecule has 42 heavy (non-hydrogen) atoms. The van der Waals surface area contributed by atoms with Gasteiger partial charge in [-0.3, -0.25) is 11.5 Å². The minimum absolute atomic E-state index is 0.0979. The van der Waals surface area contributed by atoms with E-state index in [9.17, 15) is 26.3 Å². The highest BCUT2D eigenvalue weighted by Crippen LogP contribution is 2.45. The largest absolute Gasteiger partial charge is 0.422 e. The summed E-state index contributed by atoms with van der Waals surface area (Å²) >= 11 is 7.09. The van der Waals surface area contributed by atoms with Crippen LogP contribution in [-0.4, -0.2) is 13.8 Å². The molecule has 1 aliphatic rings. The Hall–Kier alpha value is -2.80. The highest BCUT2D eigenvalue weighted by molar-refractivity contribution is 7.32. The van der Waals surface area contributed by atoms with E-state index in [0.29, 0.717) is 25.7 Å². The lowest BCUT2D eigenvalue weighted by molar-refractivity contribution is -0.537. The van der Waals surface area contributed by atoms with Gasteiger partial charge in [-0.2, -0.15) is 0 Å². The molecule has 226 valence electrons. The van der Waals surface area contributed by atoms with Crippen LogP contribution in [0.15, 0.2) is 35.8 Å². The van der Waals surface area contributed by atoms with Gasteiger partial charge in [-0.05, 0) is 36.4 Å². The molecule has 0 radical (unpaired) electrons. The SMILES string of the molecule is C[Si](C)(C)/C(=C(/c1c(F)c(F)c(F)c(F)c1F)[B@-](Cl)(c1c(F)c(F)c(F)c(F)c1F)[n+]1ccccc1)C1CCCCC1. The predicted octanol–water partition coefficient (Wildman–Crippen LogP) is 8.25. The summed E-state index contributed by atoms with van der Waals surface area (Å²) in [7, 11) is -3.04. The summed E-state index contributed by atoms with van der Waals surface area (Å²) in [6, 6.07) is 3.93. The summed E-state index contributed by atoms with van der Waals surface area (Å²) in [6.07, 6.45) is 4.84. The first-order chi connectivity index (χ1) is 19.6. The first kappa shape index (κ1) is 32.1. The van der Waals surface area contributed by atoms with Gasteiger partial charge in [-0.15, -0.1) is 10.7 Å². The van der Waals surface area contributed by atoms with Crippen LogP contribution >= 0.6 is 11.5 Å². The fourth-order valence-corrected chi connectivity index (χ4v) is 9.35. The quantitative estimate of drug-likeness (QED) is 0.111. The molecule has 1 heterocycles. The van der Waals surface area contributed by atoms with Crippen molar-refractivity contribution in [3.05, 3.63) is 99.5 Å². The third-order valence-electron chi connectivity index (χ3n) is 7.75. The predicted molar refractivity (Wildman–Crippen MR) is 143 cm³/mol. The van der Waals surface area contributed by atoms with Gasteiger partial charge < -0.3 is 4.48 Å². The molecule has 0 unspecified atom stereocenters. The lowest BCUT2D eigenvalue weighted by atomic mass is 9.45. The van der Waals surface area contributed by atoms with E-state index in [-0.39, 0.29) is 5.20 Å². The number of pyridine rings is 1. The fourth-order valence-electron chi connectivity index (χ4n) is 6.05. The van der Waals surface area contributed by atoms with E-state index in [2.05, 4.69) is 0 Å². The lowest BCUT2D eigenvalue weighted by Gasteiger charge is -2.42. The molecular formula is C28H25BClF10NSi. The first-order valence-electron chi connectivity index (χ1n) is 13.1. The molecular weight excluding hydrogens is 615 g/mol. The van der Waals surface area contributed by atoms with E-state index in [1.165, 1.54) is 18.2 Å². The summed E-state index contributed by atoms with van der Waals surface area (Å²) in [5, 5.41) is 0.0979. The van der Waals surface area contributed by atoms with Gasteiger partial charge in [-0.1, -0.05) is 45.0 Å². The first-order valence-corrected chi connectivity index (χ1v) is 17.1. The molecule has 2 aromatic carbocycles. The Labute approximate surface area is 241 Å². The number of allylic oxidation sites excluding steroid dienone is 1. The Morgan fingerprint density at radius 3 is 1.48 bits per heavy atom. The normalized spacial score (nSPS) is 16.8. The summed E-state index contributed by atoms with van der Waals surface area (Å²) in [5.41, 5.74) is -8.37. The van der Waals surface area contributed by atoms with Gasteiger partial charge in [-0.25, -0.2) is 43.9 Å². The zero-order valence-corrected chi connectivity index (χ0v) is 24.4. The van der Waals surface area contributed by atoms with Crippen molar-refractivity contribution in [2.75, 3.05) is 0 Å². The number of hydrogen-bond acceptors (Lipinski definition) is 0. The number of hydrogen-bond donors (Lipinski definition) is 0. The maximum absolute atomic E-state index is 15.8. The van der Waals surface area contributed by atoms with Crippen LogP contribution in [0.25, 0.3) is 5.47 Å². The van der Waals surface area contributed by atoms with Gasteiger partial charge >= 0.3 is 5.70 Å². The second-order valence-corrected chi connectivity index (χ2v) is 17.1. The molecule has 14 heteroatoms. The van der Waals surface area contributed by atoms with Crippen LogP contribution in [-0.2, 0) is 0 Å². The summed E-state index contributed by atoms with van der Waals surface area (Å²) < 4.78 is 151. The molecule has 1 saturated carbocycles. The number of nitrogens with zero attached hydrogens (tertiary/aromatic N) is 1. The van der Waals surface area contributed by atoms with Crippen molar-refractivity contribution in [1.29, 1.82) is 0 Å². The summed E-state index contributed by atoms with van der Waals surface area (Å²) in [4.78, 5) is 0. The molecule has 0 amide bonds. The smallest absolute Gasteiger partial charge is 0.405 e. The topological polar surface area (TPSA) is 3.88 Å². The zero-order chi connectivity index (χ0) is 31.3. The van der Waals surface area contributed by atoms with Gasteiger partial charge in [0.05, 0.1) is 8.07 Å². The maximum atomic E-state index is 15.8. The molecule has 0 aliphatic heterocycles. The highest BCUT2D eigenvalue weighted by Gasteiger charge is 2.52. The van der Waals surface area contributed by atoms with Gasteiger partial charge in [0.2, 0.25) is 5.82 Å². The molecule has 4 rings (SSSR count). The monoisotopic (exact) mass is 639 g/mol.